The van der Waals surface area contributed by atoms with Crippen molar-refractivity contribution in [3.63, 3.8) is 0 Å². The number of hydrogen-bond acceptors (Lipinski definition) is 3. The first-order chi connectivity index (χ1) is 8.15. The predicted molar refractivity (Wildman–Crippen MR) is 55.9 cm³/mol. The van der Waals surface area contributed by atoms with Crippen LogP contribution in [0.4, 0.5) is 18.9 Å². The summed E-state index contributed by atoms with van der Waals surface area (Å²) in [4.78, 5) is 0. The molecular formula is C11H12F3NO2. The van der Waals surface area contributed by atoms with E-state index in [9.17, 15) is 13.2 Å². The molecule has 3 nitrogen and oxygen atoms in total. The number of benzene rings is 1. The third-order valence-corrected chi connectivity index (χ3v) is 2.45. The molecule has 0 bridgehead atoms. The quantitative estimate of drug-likeness (QED) is 0.887. The third-order valence-electron chi connectivity index (χ3n) is 2.45. The zero-order chi connectivity index (χ0) is 12.3. The molecule has 94 valence electrons. The van der Waals surface area contributed by atoms with Crippen LogP contribution in [-0.4, -0.2) is 25.9 Å². The summed E-state index contributed by atoms with van der Waals surface area (Å²) in [5.74, 6) is -1.26. The molecule has 1 atom stereocenters. The smallest absolute Gasteiger partial charge is 0.387 e. The molecule has 1 saturated heterocycles. The van der Waals surface area contributed by atoms with Gasteiger partial charge in [0.25, 0.3) is 0 Å². The Hall–Kier alpha value is -1.43. The van der Waals surface area contributed by atoms with Crippen molar-refractivity contribution in [2.45, 2.75) is 19.1 Å². The monoisotopic (exact) mass is 247 g/mol. The van der Waals surface area contributed by atoms with Crippen molar-refractivity contribution < 1.29 is 22.6 Å². The molecule has 2 rings (SSSR count). The normalized spacial score (nSPS) is 19.6. The Morgan fingerprint density at radius 3 is 2.82 bits per heavy atom. The molecule has 0 spiro atoms. The number of nitrogens with one attached hydrogen (secondary N) is 1. The minimum atomic E-state index is -3.02. The van der Waals surface area contributed by atoms with Crippen LogP contribution >= 0.6 is 0 Å². The fourth-order valence-electron chi connectivity index (χ4n) is 1.67. The summed E-state index contributed by atoms with van der Waals surface area (Å²) in [5, 5.41) is 3.05. The van der Waals surface area contributed by atoms with Crippen molar-refractivity contribution in [2.75, 3.05) is 18.5 Å². The fraction of sp³-hybridized carbons (Fsp3) is 0.455. The molecule has 0 aromatic heterocycles. The van der Waals surface area contributed by atoms with Gasteiger partial charge in [-0.15, -0.1) is 0 Å². The van der Waals surface area contributed by atoms with Crippen LogP contribution in [0.15, 0.2) is 18.2 Å². The molecule has 0 radical (unpaired) electrons. The van der Waals surface area contributed by atoms with Gasteiger partial charge in [0.15, 0.2) is 11.6 Å². The van der Waals surface area contributed by atoms with Gasteiger partial charge in [-0.1, -0.05) is 0 Å². The molecule has 1 unspecified atom stereocenters. The summed E-state index contributed by atoms with van der Waals surface area (Å²) < 4.78 is 46.3. The molecule has 1 aliphatic rings. The molecule has 1 aromatic carbocycles. The van der Waals surface area contributed by atoms with Gasteiger partial charge in [-0.3, -0.25) is 0 Å². The molecule has 17 heavy (non-hydrogen) atoms. The van der Waals surface area contributed by atoms with Crippen LogP contribution in [0.2, 0.25) is 0 Å². The number of anilines is 1. The van der Waals surface area contributed by atoms with E-state index in [0.29, 0.717) is 18.9 Å². The number of alkyl halides is 2. The maximum absolute atomic E-state index is 13.4. The van der Waals surface area contributed by atoms with Crippen LogP contribution in [0, 0.1) is 5.82 Å². The average Bonchev–Trinajstić information content (AvgIpc) is 2.74. The van der Waals surface area contributed by atoms with Gasteiger partial charge in [-0.05, 0) is 18.6 Å². The largest absolute Gasteiger partial charge is 0.432 e. The first kappa shape index (κ1) is 12.0. The van der Waals surface area contributed by atoms with Crippen LogP contribution in [0.25, 0.3) is 0 Å². The van der Waals surface area contributed by atoms with Gasteiger partial charge in [-0.25, -0.2) is 4.39 Å². The third kappa shape index (κ3) is 3.26. The van der Waals surface area contributed by atoms with Gasteiger partial charge >= 0.3 is 6.61 Å². The molecule has 1 fully saturated rings. The van der Waals surface area contributed by atoms with Gasteiger partial charge < -0.3 is 14.8 Å². The molecule has 6 heteroatoms. The molecule has 0 saturated carbocycles. The number of halogens is 3. The highest BCUT2D eigenvalue weighted by atomic mass is 19.3. The van der Waals surface area contributed by atoms with Crippen molar-refractivity contribution in [1.29, 1.82) is 0 Å². The van der Waals surface area contributed by atoms with Crippen molar-refractivity contribution >= 4 is 5.69 Å². The standard InChI is InChI=1S/C11H12F3NO2/c12-9-5-7(15-8-3-4-16-6-8)1-2-10(9)17-11(13)14/h1-2,5,8,11,15H,3-4,6H2. The van der Waals surface area contributed by atoms with Gasteiger partial charge in [0, 0.05) is 18.4 Å². The average molecular weight is 247 g/mol. The predicted octanol–water partition coefficient (Wildman–Crippen LogP) is 2.63. The Balaban J connectivity index is 2.02. The van der Waals surface area contributed by atoms with E-state index < -0.39 is 18.2 Å². The topological polar surface area (TPSA) is 30.5 Å². The summed E-state index contributed by atoms with van der Waals surface area (Å²) in [6, 6.07) is 3.95. The molecule has 1 aromatic rings. The van der Waals surface area contributed by atoms with E-state index in [0.717, 1.165) is 12.5 Å². The Labute approximate surface area is 96.5 Å². The molecule has 0 amide bonds. The first-order valence-corrected chi connectivity index (χ1v) is 5.24. The highest BCUT2D eigenvalue weighted by Crippen LogP contribution is 2.24. The summed E-state index contributed by atoms with van der Waals surface area (Å²) in [5.41, 5.74) is 0.527. The van der Waals surface area contributed by atoms with Crippen molar-refractivity contribution in [1.82, 2.24) is 0 Å². The van der Waals surface area contributed by atoms with E-state index in [2.05, 4.69) is 10.1 Å². The zero-order valence-corrected chi connectivity index (χ0v) is 8.96. The van der Waals surface area contributed by atoms with Crippen molar-refractivity contribution in [3.8, 4) is 5.75 Å². The maximum Gasteiger partial charge on any atom is 0.387 e. The minimum absolute atomic E-state index is 0.135. The fourth-order valence-corrected chi connectivity index (χ4v) is 1.67. The maximum atomic E-state index is 13.4. The highest BCUT2D eigenvalue weighted by Gasteiger charge is 2.16. The van der Waals surface area contributed by atoms with Crippen LogP contribution in [0.1, 0.15) is 6.42 Å². The van der Waals surface area contributed by atoms with Gasteiger partial charge in [0.2, 0.25) is 0 Å². The molecule has 0 aliphatic carbocycles. The second kappa shape index (κ2) is 5.27. The summed E-state index contributed by atoms with van der Waals surface area (Å²) >= 11 is 0. The SMILES string of the molecule is Fc1cc(NC2CCOC2)ccc1OC(F)F. The van der Waals surface area contributed by atoms with E-state index in [4.69, 9.17) is 4.74 Å². The minimum Gasteiger partial charge on any atom is -0.432 e. The van der Waals surface area contributed by atoms with E-state index in [-0.39, 0.29) is 6.04 Å². The lowest BCUT2D eigenvalue weighted by Crippen LogP contribution is -2.18. The molecule has 1 heterocycles. The Morgan fingerprint density at radius 1 is 1.41 bits per heavy atom. The van der Waals surface area contributed by atoms with E-state index in [1.807, 2.05) is 0 Å². The lowest BCUT2D eigenvalue weighted by atomic mass is 10.2. The molecule has 1 aliphatic heterocycles. The van der Waals surface area contributed by atoms with E-state index >= 15 is 0 Å². The lowest BCUT2D eigenvalue weighted by Gasteiger charge is -2.13. The summed E-state index contributed by atoms with van der Waals surface area (Å²) in [6.45, 7) is -1.78. The second-order valence-electron chi connectivity index (χ2n) is 3.73. The van der Waals surface area contributed by atoms with Gasteiger partial charge in [-0.2, -0.15) is 8.78 Å². The Bertz CT molecular complexity index is 381. The van der Waals surface area contributed by atoms with Crippen LogP contribution in [0.3, 0.4) is 0 Å². The van der Waals surface area contributed by atoms with E-state index in [1.165, 1.54) is 12.1 Å². The molecular weight excluding hydrogens is 235 g/mol. The number of rotatable bonds is 4. The van der Waals surface area contributed by atoms with Crippen LogP contribution in [-0.2, 0) is 4.74 Å². The van der Waals surface area contributed by atoms with Gasteiger partial charge in [0.05, 0.1) is 12.6 Å². The number of hydrogen-bond donors (Lipinski definition) is 1. The second-order valence-corrected chi connectivity index (χ2v) is 3.73. The summed E-state index contributed by atoms with van der Waals surface area (Å²) in [7, 11) is 0. The van der Waals surface area contributed by atoms with Crippen LogP contribution < -0.4 is 10.1 Å². The lowest BCUT2D eigenvalue weighted by molar-refractivity contribution is -0.0521. The van der Waals surface area contributed by atoms with Crippen molar-refractivity contribution in [2.24, 2.45) is 0 Å². The zero-order valence-electron chi connectivity index (χ0n) is 8.96. The summed E-state index contributed by atoms with van der Waals surface area (Å²) in [6.07, 6.45) is 0.844. The number of ether oxygens (including phenoxy) is 2. The van der Waals surface area contributed by atoms with Gasteiger partial charge in [0.1, 0.15) is 0 Å². The highest BCUT2D eigenvalue weighted by molar-refractivity contribution is 5.48. The van der Waals surface area contributed by atoms with Crippen LogP contribution in [0.5, 0.6) is 5.75 Å². The van der Waals surface area contributed by atoms with E-state index in [1.54, 1.807) is 0 Å². The molecule has 1 N–H and O–H groups in total. The Morgan fingerprint density at radius 2 is 2.24 bits per heavy atom. The Kier molecular flexibility index (Phi) is 3.73. The first-order valence-electron chi connectivity index (χ1n) is 5.24. The van der Waals surface area contributed by atoms with Crippen molar-refractivity contribution in [3.05, 3.63) is 24.0 Å².